The highest BCUT2D eigenvalue weighted by Gasteiger charge is 2.14. The Labute approximate surface area is 174 Å². The predicted molar refractivity (Wildman–Crippen MR) is 119 cm³/mol. The summed E-state index contributed by atoms with van der Waals surface area (Å²) in [5, 5.41) is 6.55. The number of anilines is 1. The number of amides is 2. The van der Waals surface area contributed by atoms with Crippen molar-refractivity contribution >= 4 is 28.4 Å². The summed E-state index contributed by atoms with van der Waals surface area (Å²) in [6, 6.07) is 26.7. The highest BCUT2D eigenvalue weighted by atomic mass is 16.2. The van der Waals surface area contributed by atoms with Gasteiger partial charge in [-0.1, -0.05) is 60.7 Å². The first-order valence-corrected chi connectivity index (χ1v) is 9.70. The van der Waals surface area contributed by atoms with Crippen molar-refractivity contribution in [3.05, 3.63) is 96.1 Å². The van der Waals surface area contributed by atoms with E-state index in [9.17, 15) is 9.59 Å². The van der Waals surface area contributed by atoms with Gasteiger partial charge in [0.15, 0.2) is 0 Å². The molecule has 0 spiro atoms. The lowest BCUT2D eigenvalue weighted by Crippen LogP contribution is -2.23. The minimum atomic E-state index is -0.171. The number of fused-ring (bicyclic) bond motifs is 1. The highest BCUT2D eigenvalue weighted by Crippen LogP contribution is 2.25. The maximum Gasteiger partial charge on any atom is 0.252 e. The second-order valence-electron chi connectivity index (χ2n) is 7.00. The molecule has 0 radical (unpaired) electrons. The van der Waals surface area contributed by atoms with E-state index >= 15 is 0 Å². The van der Waals surface area contributed by atoms with Crippen LogP contribution in [-0.2, 0) is 11.3 Å². The van der Waals surface area contributed by atoms with Gasteiger partial charge in [0.25, 0.3) is 5.91 Å². The normalized spacial score (nSPS) is 10.6. The minimum Gasteiger partial charge on any atom is -0.348 e. The second kappa shape index (κ2) is 8.57. The number of nitrogens with zero attached hydrogens (tertiary/aromatic N) is 1. The van der Waals surface area contributed by atoms with Crippen LogP contribution in [0.5, 0.6) is 0 Å². The van der Waals surface area contributed by atoms with Crippen molar-refractivity contribution in [3.63, 3.8) is 0 Å². The van der Waals surface area contributed by atoms with Gasteiger partial charge in [-0.3, -0.25) is 9.59 Å². The molecule has 0 saturated carbocycles. The Kier molecular flexibility index (Phi) is 5.52. The summed E-state index contributed by atoms with van der Waals surface area (Å²) in [7, 11) is 0. The first kappa shape index (κ1) is 19.3. The summed E-state index contributed by atoms with van der Waals surface area (Å²) in [4.78, 5) is 29.1. The van der Waals surface area contributed by atoms with Gasteiger partial charge >= 0.3 is 0 Å². The van der Waals surface area contributed by atoms with Crippen molar-refractivity contribution in [2.45, 2.75) is 13.5 Å². The molecule has 2 amide bonds. The average Bonchev–Trinajstić information content (AvgIpc) is 2.77. The lowest BCUT2D eigenvalue weighted by Gasteiger charge is -2.11. The molecular weight excluding hydrogens is 374 g/mol. The first-order valence-electron chi connectivity index (χ1n) is 9.70. The van der Waals surface area contributed by atoms with Crippen molar-refractivity contribution in [3.8, 4) is 11.3 Å². The molecule has 0 atom stereocenters. The van der Waals surface area contributed by atoms with Gasteiger partial charge in [0, 0.05) is 30.1 Å². The molecule has 30 heavy (non-hydrogen) atoms. The number of nitrogens with one attached hydrogen (secondary N) is 2. The van der Waals surface area contributed by atoms with Gasteiger partial charge < -0.3 is 10.6 Å². The van der Waals surface area contributed by atoms with Crippen molar-refractivity contribution in [1.82, 2.24) is 10.3 Å². The summed E-state index contributed by atoms with van der Waals surface area (Å²) in [6.45, 7) is 1.82. The lowest BCUT2D eigenvalue weighted by molar-refractivity contribution is -0.114. The third-order valence-corrected chi connectivity index (χ3v) is 4.73. The number of hydrogen-bond donors (Lipinski definition) is 2. The molecule has 0 unspecified atom stereocenters. The molecule has 1 heterocycles. The molecule has 0 fully saturated rings. The summed E-state index contributed by atoms with van der Waals surface area (Å²) < 4.78 is 0. The Morgan fingerprint density at radius 2 is 1.63 bits per heavy atom. The van der Waals surface area contributed by atoms with Crippen LogP contribution in [0.1, 0.15) is 22.8 Å². The molecule has 0 aliphatic heterocycles. The number of rotatable bonds is 5. The molecule has 3 aromatic carbocycles. The Hall–Kier alpha value is -3.99. The van der Waals surface area contributed by atoms with Crippen LogP contribution in [0.25, 0.3) is 22.2 Å². The molecule has 1 aromatic heterocycles. The van der Waals surface area contributed by atoms with Crippen LogP contribution in [0.3, 0.4) is 0 Å². The first-order chi connectivity index (χ1) is 14.6. The molecule has 0 saturated heterocycles. The fraction of sp³-hybridized carbons (Fsp3) is 0.0800. The summed E-state index contributed by atoms with van der Waals surface area (Å²) in [5.41, 5.74) is 4.67. The van der Waals surface area contributed by atoms with Gasteiger partial charge in [-0.05, 0) is 29.8 Å². The summed E-state index contributed by atoms with van der Waals surface area (Å²) in [5.74, 6) is -0.302. The predicted octanol–water partition coefficient (Wildman–Crippen LogP) is 4.79. The fourth-order valence-electron chi connectivity index (χ4n) is 3.36. The third-order valence-electron chi connectivity index (χ3n) is 4.73. The number of hydrogen-bond acceptors (Lipinski definition) is 3. The molecule has 4 rings (SSSR count). The highest BCUT2D eigenvalue weighted by molar-refractivity contribution is 6.07. The Balaban J connectivity index is 1.62. The molecule has 0 bridgehead atoms. The molecule has 2 N–H and O–H groups in total. The Bertz CT molecular complexity index is 1220. The van der Waals surface area contributed by atoms with E-state index in [-0.39, 0.29) is 11.8 Å². The van der Waals surface area contributed by atoms with Crippen LogP contribution in [-0.4, -0.2) is 16.8 Å². The third kappa shape index (κ3) is 4.36. The van der Waals surface area contributed by atoms with E-state index in [1.54, 1.807) is 0 Å². The second-order valence-corrected chi connectivity index (χ2v) is 7.00. The summed E-state index contributed by atoms with van der Waals surface area (Å²) >= 11 is 0. The smallest absolute Gasteiger partial charge is 0.252 e. The molecule has 0 aliphatic carbocycles. The maximum atomic E-state index is 13.1. The monoisotopic (exact) mass is 395 g/mol. The van der Waals surface area contributed by atoms with E-state index < -0.39 is 0 Å². The zero-order chi connectivity index (χ0) is 20.9. The molecule has 5 heteroatoms. The standard InChI is InChI=1S/C25H21N3O2/c1-17(29)27-20-11-7-8-18(14-20)16-26-25(30)22-15-24(19-9-3-2-4-10-19)28-23-13-6-5-12-21(22)23/h2-15H,16H2,1H3,(H,26,30)(H,27,29). The van der Waals surface area contributed by atoms with Crippen molar-refractivity contribution < 1.29 is 9.59 Å². The van der Waals surface area contributed by atoms with E-state index in [0.29, 0.717) is 17.8 Å². The SMILES string of the molecule is CC(=O)Nc1cccc(CNC(=O)c2cc(-c3ccccc3)nc3ccccc23)c1. The molecule has 148 valence electrons. The van der Waals surface area contributed by atoms with Crippen LogP contribution in [0.2, 0.25) is 0 Å². The average molecular weight is 395 g/mol. The van der Waals surface area contributed by atoms with E-state index in [2.05, 4.69) is 10.6 Å². The quantitative estimate of drug-likeness (QED) is 0.510. The zero-order valence-corrected chi connectivity index (χ0v) is 16.6. The number of para-hydroxylation sites is 1. The Morgan fingerprint density at radius 1 is 0.867 bits per heavy atom. The van der Waals surface area contributed by atoms with Crippen LogP contribution < -0.4 is 10.6 Å². The van der Waals surface area contributed by atoms with Gasteiger partial charge in [-0.15, -0.1) is 0 Å². The van der Waals surface area contributed by atoms with Gasteiger partial charge in [-0.25, -0.2) is 4.98 Å². The van der Waals surface area contributed by atoms with Crippen molar-refractivity contribution in [2.24, 2.45) is 0 Å². The van der Waals surface area contributed by atoms with Crippen molar-refractivity contribution in [1.29, 1.82) is 0 Å². The van der Waals surface area contributed by atoms with Gasteiger partial charge in [0.1, 0.15) is 0 Å². The number of pyridine rings is 1. The van der Waals surface area contributed by atoms with Crippen LogP contribution >= 0.6 is 0 Å². The molecule has 5 nitrogen and oxygen atoms in total. The van der Waals surface area contributed by atoms with E-state index in [0.717, 1.165) is 27.7 Å². The number of benzene rings is 3. The summed E-state index contributed by atoms with van der Waals surface area (Å²) in [6.07, 6.45) is 0. The zero-order valence-electron chi connectivity index (χ0n) is 16.6. The number of carbonyl (C=O) groups is 2. The van der Waals surface area contributed by atoms with Crippen LogP contribution in [0, 0.1) is 0 Å². The topological polar surface area (TPSA) is 71.1 Å². The van der Waals surface area contributed by atoms with E-state index in [4.69, 9.17) is 4.98 Å². The van der Waals surface area contributed by atoms with Gasteiger partial charge in [-0.2, -0.15) is 0 Å². The molecular formula is C25H21N3O2. The fourth-order valence-corrected chi connectivity index (χ4v) is 3.36. The Morgan fingerprint density at radius 3 is 2.43 bits per heavy atom. The maximum absolute atomic E-state index is 13.1. The molecule has 0 aliphatic rings. The van der Waals surface area contributed by atoms with Gasteiger partial charge in [0.05, 0.1) is 16.8 Å². The van der Waals surface area contributed by atoms with Crippen LogP contribution in [0.4, 0.5) is 5.69 Å². The van der Waals surface area contributed by atoms with E-state index in [1.807, 2.05) is 84.9 Å². The van der Waals surface area contributed by atoms with E-state index in [1.165, 1.54) is 6.92 Å². The lowest BCUT2D eigenvalue weighted by atomic mass is 10.0. The largest absolute Gasteiger partial charge is 0.348 e. The molecule has 4 aromatic rings. The number of carbonyl (C=O) groups excluding carboxylic acids is 2. The van der Waals surface area contributed by atoms with Crippen LogP contribution in [0.15, 0.2) is 84.9 Å². The minimum absolute atomic E-state index is 0.132. The van der Waals surface area contributed by atoms with Gasteiger partial charge in [0.2, 0.25) is 5.91 Å². The number of aromatic nitrogens is 1. The van der Waals surface area contributed by atoms with Crippen molar-refractivity contribution in [2.75, 3.05) is 5.32 Å².